The molecule has 1 aliphatic heterocycles. The Hall–Kier alpha value is -2.64. The number of urea groups is 1. The van der Waals surface area contributed by atoms with E-state index in [2.05, 4.69) is 15.2 Å². The fourth-order valence-electron chi connectivity index (χ4n) is 2.79. The largest absolute Gasteiger partial charge is 0.367 e. The minimum Gasteiger partial charge on any atom is -0.367 e. The maximum atomic E-state index is 12.4. The highest BCUT2D eigenvalue weighted by molar-refractivity contribution is 5.84. The van der Waals surface area contributed by atoms with Gasteiger partial charge < -0.3 is 15.1 Å². The Kier molecular flexibility index (Phi) is 6.32. The number of carbonyl (C=O) groups is 3. The van der Waals surface area contributed by atoms with Gasteiger partial charge in [-0.25, -0.2) is 4.79 Å². The number of imide groups is 1. The standard InChI is InChI=1S/C17H25N5O3/c1-17(2,20-16(25)19-13-23)6-5-15(24)22-10-8-21(9-11-22)14-4-3-7-18-12-14/h3-4,7,12-13H,5-6,8-11H2,1-2H3,(H2,19,20,23,25). The minimum absolute atomic E-state index is 0.0801. The van der Waals surface area contributed by atoms with Crippen molar-refractivity contribution < 1.29 is 14.4 Å². The molecule has 4 amide bonds. The molecule has 8 heteroatoms. The fraction of sp³-hybridized carbons (Fsp3) is 0.529. The number of carbonyl (C=O) groups excluding carboxylic acids is 3. The van der Waals surface area contributed by atoms with E-state index < -0.39 is 11.6 Å². The molecule has 1 fully saturated rings. The van der Waals surface area contributed by atoms with Gasteiger partial charge in [-0.3, -0.25) is 19.9 Å². The summed E-state index contributed by atoms with van der Waals surface area (Å²) < 4.78 is 0. The van der Waals surface area contributed by atoms with Crippen LogP contribution in [0.1, 0.15) is 26.7 Å². The van der Waals surface area contributed by atoms with Crippen LogP contribution in [-0.4, -0.2) is 60.0 Å². The highest BCUT2D eigenvalue weighted by atomic mass is 16.2. The van der Waals surface area contributed by atoms with Gasteiger partial charge in [-0.05, 0) is 32.4 Å². The van der Waals surface area contributed by atoms with Crippen molar-refractivity contribution in [3.05, 3.63) is 24.5 Å². The lowest BCUT2D eigenvalue weighted by Gasteiger charge is -2.36. The SMILES string of the molecule is CC(C)(CCC(=O)N1CCN(c2cccnc2)CC1)NC(=O)NC=O. The van der Waals surface area contributed by atoms with E-state index in [4.69, 9.17) is 0 Å². The Morgan fingerprint density at radius 1 is 1.28 bits per heavy atom. The van der Waals surface area contributed by atoms with Gasteiger partial charge in [0, 0.05) is 44.3 Å². The Balaban J connectivity index is 1.77. The molecule has 1 aromatic heterocycles. The molecule has 1 aromatic rings. The van der Waals surface area contributed by atoms with E-state index in [1.807, 2.05) is 42.4 Å². The molecule has 0 atom stereocenters. The van der Waals surface area contributed by atoms with E-state index in [-0.39, 0.29) is 5.91 Å². The lowest BCUT2D eigenvalue weighted by atomic mass is 9.98. The number of amides is 4. The van der Waals surface area contributed by atoms with Gasteiger partial charge in [-0.15, -0.1) is 0 Å². The first-order valence-electron chi connectivity index (χ1n) is 8.36. The lowest BCUT2D eigenvalue weighted by molar-refractivity contribution is -0.131. The van der Waals surface area contributed by atoms with Crippen molar-refractivity contribution in [1.82, 2.24) is 20.5 Å². The minimum atomic E-state index is -0.569. The number of aromatic nitrogens is 1. The Bertz CT molecular complexity index is 598. The van der Waals surface area contributed by atoms with Gasteiger partial charge in [0.25, 0.3) is 0 Å². The number of piperazine rings is 1. The van der Waals surface area contributed by atoms with Gasteiger partial charge in [0.05, 0.1) is 11.9 Å². The zero-order valence-corrected chi connectivity index (χ0v) is 14.7. The summed E-state index contributed by atoms with van der Waals surface area (Å²) >= 11 is 0. The van der Waals surface area contributed by atoms with Crippen molar-refractivity contribution in [3.8, 4) is 0 Å². The molecule has 2 heterocycles. The summed E-state index contributed by atoms with van der Waals surface area (Å²) in [4.78, 5) is 42.3. The van der Waals surface area contributed by atoms with Crippen LogP contribution in [0.15, 0.2) is 24.5 Å². The molecular formula is C17H25N5O3. The average molecular weight is 347 g/mol. The van der Waals surface area contributed by atoms with Gasteiger partial charge in [-0.1, -0.05) is 0 Å². The Morgan fingerprint density at radius 3 is 2.60 bits per heavy atom. The molecule has 1 aliphatic rings. The third kappa shape index (κ3) is 5.74. The lowest BCUT2D eigenvalue weighted by Crippen LogP contribution is -2.50. The number of anilines is 1. The maximum absolute atomic E-state index is 12.4. The van der Waals surface area contributed by atoms with Crippen LogP contribution in [0.3, 0.4) is 0 Å². The topological polar surface area (TPSA) is 94.6 Å². The number of pyridine rings is 1. The van der Waals surface area contributed by atoms with Crippen molar-refractivity contribution in [2.45, 2.75) is 32.2 Å². The van der Waals surface area contributed by atoms with E-state index >= 15 is 0 Å². The zero-order valence-electron chi connectivity index (χ0n) is 14.7. The summed E-state index contributed by atoms with van der Waals surface area (Å²) in [6.45, 7) is 6.55. The highest BCUT2D eigenvalue weighted by Gasteiger charge is 2.25. The molecule has 8 nitrogen and oxygen atoms in total. The van der Waals surface area contributed by atoms with E-state index in [0.717, 1.165) is 18.8 Å². The predicted molar refractivity (Wildman–Crippen MR) is 94.1 cm³/mol. The first kappa shape index (κ1) is 18.7. The van der Waals surface area contributed by atoms with Gasteiger partial charge >= 0.3 is 6.03 Å². The van der Waals surface area contributed by atoms with Crippen molar-refractivity contribution in [3.63, 3.8) is 0 Å². The summed E-state index contributed by atoms with van der Waals surface area (Å²) in [5, 5.41) is 4.71. The van der Waals surface area contributed by atoms with Crippen LogP contribution in [0.2, 0.25) is 0 Å². The fourth-order valence-corrected chi connectivity index (χ4v) is 2.79. The van der Waals surface area contributed by atoms with Crippen molar-refractivity contribution in [2.24, 2.45) is 0 Å². The third-order valence-corrected chi connectivity index (χ3v) is 4.25. The Labute approximate surface area is 147 Å². The number of hydrogen-bond acceptors (Lipinski definition) is 5. The molecule has 1 saturated heterocycles. The average Bonchev–Trinajstić information content (AvgIpc) is 2.60. The molecule has 136 valence electrons. The second kappa shape index (κ2) is 8.46. The van der Waals surface area contributed by atoms with E-state index in [9.17, 15) is 14.4 Å². The van der Waals surface area contributed by atoms with Crippen LogP contribution in [0.25, 0.3) is 0 Å². The predicted octanol–water partition coefficient (Wildman–Crippen LogP) is 0.745. The van der Waals surface area contributed by atoms with Crippen LogP contribution in [0.4, 0.5) is 10.5 Å². The quantitative estimate of drug-likeness (QED) is 0.741. The summed E-state index contributed by atoms with van der Waals surface area (Å²) in [5.74, 6) is 0.0801. The van der Waals surface area contributed by atoms with Gasteiger partial charge in [-0.2, -0.15) is 0 Å². The van der Waals surface area contributed by atoms with Gasteiger partial charge in [0.2, 0.25) is 12.3 Å². The van der Waals surface area contributed by atoms with E-state index in [0.29, 0.717) is 32.3 Å². The van der Waals surface area contributed by atoms with Crippen LogP contribution in [0.5, 0.6) is 0 Å². The highest BCUT2D eigenvalue weighted by Crippen LogP contribution is 2.17. The van der Waals surface area contributed by atoms with Gasteiger partial charge in [0.15, 0.2) is 0 Å². The van der Waals surface area contributed by atoms with Crippen LogP contribution < -0.4 is 15.5 Å². The van der Waals surface area contributed by atoms with Crippen LogP contribution >= 0.6 is 0 Å². The first-order valence-corrected chi connectivity index (χ1v) is 8.36. The molecular weight excluding hydrogens is 322 g/mol. The Morgan fingerprint density at radius 2 is 2.00 bits per heavy atom. The molecule has 0 aliphatic carbocycles. The van der Waals surface area contributed by atoms with Crippen molar-refractivity contribution >= 4 is 24.0 Å². The zero-order chi connectivity index (χ0) is 18.3. The molecule has 0 radical (unpaired) electrons. The molecule has 0 saturated carbocycles. The molecule has 0 spiro atoms. The molecule has 0 aromatic carbocycles. The van der Waals surface area contributed by atoms with Crippen molar-refractivity contribution in [1.29, 1.82) is 0 Å². The van der Waals surface area contributed by atoms with E-state index in [1.54, 1.807) is 6.20 Å². The third-order valence-electron chi connectivity index (χ3n) is 4.25. The smallest absolute Gasteiger partial charge is 0.321 e. The van der Waals surface area contributed by atoms with Crippen molar-refractivity contribution in [2.75, 3.05) is 31.1 Å². The van der Waals surface area contributed by atoms with Crippen LogP contribution in [-0.2, 0) is 9.59 Å². The first-order chi connectivity index (χ1) is 11.9. The molecule has 2 rings (SSSR count). The van der Waals surface area contributed by atoms with E-state index in [1.165, 1.54) is 0 Å². The molecule has 0 bridgehead atoms. The monoisotopic (exact) mass is 347 g/mol. The molecule has 25 heavy (non-hydrogen) atoms. The second-order valence-corrected chi connectivity index (χ2v) is 6.68. The normalized spacial score (nSPS) is 14.8. The summed E-state index contributed by atoms with van der Waals surface area (Å²) in [6, 6.07) is 3.36. The van der Waals surface area contributed by atoms with Crippen LogP contribution in [0, 0.1) is 0 Å². The number of nitrogens with zero attached hydrogens (tertiary/aromatic N) is 3. The maximum Gasteiger partial charge on any atom is 0.321 e. The molecule has 0 unspecified atom stereocenters. The number of rotatable bonds is 6. The second-order valence-electron chi connectivity index (χ2n) is 6.68. The van der Waals surface area contributed by atoms with Gasteiger partial charge in [0.1, 0.15) is 0 Å². The molecule has 2 N–H and O–H groups in total. The summed E-state index contributed by atoms with van der Waals surface area (Å²) in [6.07, 6.45) is 4.75. The number of hydrogen-bond donors (Lipinski definition) is 2. The summed E-state index contributed by atoms with van der Waals surface area (Å²) in [5.41, 5.74) is 0.501. The number of nitrogens with one attached hydrogen (secondary N) is 2. The summed E-state index contributed by atoms with van der Waals surface area (Å²) in [7, 11) is 0.